The van der Waals surface area contributed by atoms with Gasteiger partial charge in [0.05, 0.1) is 0 Å². The minimum atomic E-state index is 0.355. The maximum Gasteiger partial charge on any atom is 0.130 e. The molecular formula is C18H24O. The summed E-state index contributed by atoms with van der Waals surface area (Å²) in [6.45, 7) is 12.3. The van der Waals surface area contributed by atoms with Gasteiger partial charge in [0.15, 0.2) is 0 Å². The number of allylic oxidation sites excluding steroid dienone is 3. The Hall–Kier alpha value is -1.76. The summed E-state index contributed by atoms with van der Waals surface area (Å²) in [6.07, 6.45) is 6.16. The zero-order valence-corrected chi connectivity index (χ0v) is 12.8. The first-order valence-electron chi connectivity index (χ1n) is 6.61. The fraction of sp³-hybridized carbons (Fsp3) is 0.333. The van der Waals surface area contributed by atoms with E-state index in [1.54, 1.807) is 0 Å². The Balaban J connectivity index is 3.51. The average molecular weight is 256 g/mol. The molecule has 0 fully saturated rings. The van der Waals surface area contributed by atoms with Crippen LogP contribution in [0.3, 0.4) is 0 Å². The molecule has 0 aliphatic carbocycles. The lowest BCUT2D eigenvalue weighted by Crippen LogP contribution is -1.86. The van der Waals surface area contributed by atoms with E-state index in [0.29, 0.717) is 5.75 Å². The predicted octanol–water partition coefficient (Wildman–Crippen LogP) is 5.66. The quantitative estimate of drug-likeness (QED) is 0.739. The fourth-order valence-corrected chi connectivity index (χ4v) is 1.96. The minimum absolute atomic E-state index is 0.355. The van der Waals surface area contributed by atoms with Gasteiger partial charge in [-0.15, -0.1) is 0 Å². The first-order valence-corrected chi connectivity index (χ1v) is 6.61. The van der Waals surface area contributed by atoms with Crippen LogP contribution in [0.25, 0.3) is 18.2 Å². The largest absolute Gasteiger partial charge is 0.507 e. The standard InChI is InChI=1S/C18H24O/c1-12(2)7-15-10-16(8-13(3)4)18(19)17(11-15)9-14(5)6/h7-11,19H,1-6H3. The third kappa shape index (κ3) is 4.78. The van der Waals surface area contributed by atoms with Gasteiger partial charge in [-0.2, -0.15) is 0 Å². The van der Waals surface area contributed by atoms with Gasteiger partial charge in [0.1, 0.15) is 5.75 Å². The molecule has 0 radical (unpaired) electrons. The van der Waals surface area contributed by atoms with E-state index in [9.17, 15) is 5.11 Å². The SMILES string of the molecule is CC(C)=Cc1cc(C=C(C)C)c(O)c(C=C(C)C)c1. The molecule has 102 valence electrons. The molecule has 0 saturated carbocycles. The minimum Gasteiger partial charge on any atom is -0.507 e. The molecule has 1 N–H and O–H groups in total. The van der Waals surface area contributed by atoms with Crippen molar-refractivity contribution in [3.05, 3.63) is 45.5 Å². The van der Waals surface area contributed by atoms with Crippen molar-refractivity contribution < 1.29 is 5.11 Å². The second-order valence-electron chi connectivity index (χ2n) is 5.71. The Morgan fingerprint density at radius 2 is 1.11 bits per heavy atom. The van der Waals surface area contributed by atoms with Crippen LogP contribution >= 0.6 is 0 Å². The van der Waals surface area contributed by atoms with Crippen molar-refractivity contribution in [1.82, 2.24) is 0 Å². The summed E-state index contributed by atoms with van der Waals surface area (Å²) in [4.78, 5) is 0. The van der Waals surface area contributed by atoms with Gasteiger partial charge >= 0.3 is 0 Å². The van der Waals surface area contributed by atoms with Crippen LogP contribution in [0.15, 0.2) is 28.9 Å². The van der Waals surface area contributed by atoms with Gasteiger partial charge in [0.2, 0.25) is 0 Å². The van der Waals surface area contributed by atoms with Gasteiger partial charge in [0, 0.05) is 11.1 Å². The highest BCUT2D eigenvalue weighted by atomic mass is 16.3. The van der Waals surface area contributed by atoms with Crippen molar-refractivity contribution in [1.29, 1.82) is 0 Å². The van der Waals surface area contributed by atoms with E-state index in [0.717, 1.165) is 16.7 Å². The topological polar surface area (TPSA) is 20.2 Å². The summed E-state index contributed by atoms with van der Waals surface area (Å²) in [5, 5.41) is 10.3. The van der Waals surface area contributed by atoms with Crippen molar-refractivity contribution >= 4 is 18.2 Å². The Labute approximate surface area is 117 Å². The zero-order chi connectivity index (χ0) is 14.6. The normalized spacial score (nSPS) is 9.79. The molecule has 1 heteroatoms. The Morgan fingerprint density at radius 3 is 1.42 bits per heavy atom. The van der Waals surface area contributed by atoms with Crippen molar-refractivity contribution in [3.63, 3.8) is 0 Å². The van der Waals surface area contributed by atoms with Gasteiger partial charge in [-0.25, -0.2) is 0 Å². The van der Waals surface area contributed by atoms with E-state index in [-0.39, 0.29) is 0 Å². The number of rotatable bonds is 3. The first kappa shape index (κ1) is 15.3. The van der Waals surface area contributed by atoms with Crippen LogP contribution in [0, 0.1) is 0 Å². The Kier molecular flexibility index (Phi) is 5.17. The van der Waals surface area contributed by atoms with E-state index in [1.165, 1.54) is 16.7 Å². The summed E-state index contributed by atoms with van der Waals surface area (Å²) in [7, 11) is 0. The lowest BCUT2D eigenvalue weighted by atomic mass is 10.00. The van der Waals surface area contributed by atoms with E-state index in [1.807, 2.05) is 52.0 Å². The lowest BCUT2D eigenvalue weighted by molar-refractivity contribution is 0.472. The molecule has 1 aromatic carbocycles. The summed E-state index contributed by atoms with van der Waals surface area (Å²) in [6, 6.07) is 4.05. The van der Waals surface area contributed by atoms with Crippen LogP contribution in [0.1, 0.15) is 58.2 Å². The second kappa shape index (κ2) is 6.42. The van der Waals surface area contributed by atoms with Crippen LogP contribution in [-0.4, -0.2) is 5.11 Å². The van der Waals surface area contributed by atoms with Gasteiger partial charge < -0.3 is 5.11 Å². The maximum atomic E-state index is 10.3. The number of benzene rings is 1. The fourth-order valence-electron chi connectivity index (χ4n) is 1.96. The summed E-state index contributed by atoms with van der Waals surface area (Å²) < 4.78 is 0. The monoisotopic (exact) mass is 256 g/mol. The Morgan fingerprint density at radius 1 is 0.737 bits per heavy atom. The molecule has 1 aromatic rings. The van der Waals surface area contributed by atoms with Crippen molar-refractivity contribution in [2.75, 3.05) is 0 Å². The van der Waals surface area contributed by atoms with E-state index in [4.69, 9.17) is 0 Å². The Bertz CT molecular complexity index is 506. The highest BCUT2D eigenvalue weighted by Crippen LogP contribution is 2.29. The highest BCUT2D eigenvalue weighted by molar-refractivity contribution is 5.73. The number of phenolic OH excluding ortho intramolecular Hbond substituents is 1. The number of phenols is 1. The molecule has 0 unspecified atom stereocenters. The van der Waals surface area contributed by atoms with Gasteiger partial charge in [0.25, 0.3) is 0 Å². The summed E-state index contributed by atoms with van der Waals surface area (Å²) in [5.74, 6) is 0.355. The molecule has 0 bridgehead atoms. The second-order valence-corrected chi connectivity index (χ2v) is 5.71. The molecule has 0 saturated heterocycles. The number of hydrogen-bond donors (Lipinski definition) is 1. The van der Waals surface area contributed by atoms with Crippen molar-refractivity contribution in [2.45, 2.75) is 41.5 Å². The molecule has 1 rings (SSSR count). The predicted molar refractivity (Wildman–Crippen MR) is 86.1 cm³/mol. The number of aromatic hydroxyl groups is 1. The van der Waals surface area contributed by atoms with E-state index >= 15 is 0 Å². The molecule has 0 atom stereocenters. The smallest absolute Gasteiger partial charge is 0.130 e. The van der Waals surface area contributed by atoms with Crippen LogP contribution in [0.2, 0.25) is 0 Å². The molecule has 0 aromatic heterocycles. The highest BCUT2D eigenvalue weighted by Gasteiger charge is 2.06. The molecule has 0 spiro atoms. The molecular weight excluding hydrogens is 232 g/mol. The van der Waals surface area contributed by atoms with Gasteiger partial charge in [-0.1, -0.05) is 34.9 Å². The molecule has 0 amide bonds. The van der Waals surface area contributed by atoms with Crippen molar-refractivity contribution in [3.8, 4) is 5.75 Å². The van der Waals surface area contributed by atoms with E-state index < -0.39 is 0 Å². The molecule has 0 aliphatic heterocycles. The van der Waals surface area contributed by atoms with Crippen molar-refractivity contribution in [2.24, 2.45) is 0 Å². The van der Waals surface area contributed by atoms with Gasteiger partial charge in [-0.3, -0.25) is 0 Å². The number of hydrogen-bond acceptors (Lipinski definition) is 1. The summed E-state index contributed by atoms with van der Waals surface area (Å²) >= 11 is 0. The molecule has 0 aliphatic rings. The van der Waals surface area contributed by atoms with E-state index in [2.05, 4.69) is 19.9 Å². The van der Waals surface area contributed by atoms with Gasteiger partial charge in [-0.05, 0) is 59.2 Å². The van der Waals surface area contributed by atoms with Crippen LogP contribution in [-0.2, 0) is 0 Å². The third-order valence-electron chi connectivity index (χ3n) is 2.53. The molecule has 1 nitrogen and oxygen atoms in total. The average Bonchev–Trinajstić information content (AvgIpc) is 2.22. The maximum absolute atomic E-state index is 10.3. The molecule has 19 heavy (non-hydrogen) atoms. The van der Waals surface area contributed by atoms with Crippen LogP contribution in [0.4, 0.5) is 0 Å². The first-order chi connectivity index (χ1) is 8.79. The molecule has 0 heterocycles. The zero-order valence-electron chi connectivity index (χ0n) is 12.8. The third-order valence-corrected chi connectivity index (χ3v) is 2.53. The van der Waals surface area contributed by atoms with Crippen LogP contribution < -0.4 is 0 Å². The lowest BCUT2D eigenvalue weighted by Gasteiger charge is -2.08. The summed E-state index contributed by atoms with van der Waals surface area (Å²) in [5.41, 5.74) is 6.47. The van der Waals surface area contributed by atoms with Crippen LogP contribution in [0.5, 0.6) is 5.75 Å².